The standard InChI is InChI=1S/C24H21FN2OS/c1-17-6-12-20(13-7-17)26-24(28)16-29-23-15-27(22-5-3-2-4-21(22)23)14-18-8-10-19(25)11-9-18/h2-13,15H,14,16H2,1H3,(H,26,28). The van der Waals surface area contributed by atoms with Gasteiger partial charge in [-0.05, 0) is 42.8 Å². The summed E-state index contributed by atoms with van der Waals surface area (Å²) in [6, 6.07) is 22.5. The number of nitrogens with zero attached hydrogens (tertiary/aromatic N) is 1. The van der Waals surface area contributed by atoms with Gasteiger partial charge in [0, 0.05) is 34.2 Å². The zero-order valence-corrected chi connectivity index (χ0v) is 16.9. The van der Waals surface area contributed by atoms with E-state index in [1.54, 1.807) is 12.1 Å². The summed E-state index contributed by atoms with van der Waals surface area (Å²) in [6.45, 7) is 2.67. The van der Waals surface area contributed by atoms with Crippen LogP contribution in [0.4, 0.5) is 10.1 Å². The molecular weight excluding hydrogens is 383 g/mol. The molecule has 0 fully saturated rings. The molecule has 1 heterocycles. The number of rotatable bonds is 6. The third-order valence-electron chi connectivity index (χ3n) is 4.71. The van der Waals surface area contributed by atoms with Gasteiger partial charge in [0.05, 0.1) is 5.75 Å². The first-order valence-electron chi connectivity index (χ1n) is 9.40. The van der Waals surface area contributed by atoms with Crippen molar-refractivity contribution in [1.29, 1.82) is 0 Å². The number of nitrogens with one attached hydrogen (secondary N) is 1. The van der Waals surface area contributed by atoms with Gasteiger partial charge in [0.25, 0.3) is 0 Å². The third-order valence-corrected chi connectivity index (χ3v) is 5.76. The van der Waals surface area contributed by atoms with Gasteiger partial charge in [-0.2, -0.15) is 0 Å². The smallest absolute Gasteiger partial charge is 0.234 e. The molecule has 0 saturated carbocycles. The van der Waals surface area contributed by atoms with E-state index in [9.17, 15) is 9.18 Å². The van der Waals surface area contributed by atoms with Crippen LogP contribution in [0.1, 0.15) is 11.1 Å². The molecule has 4 aromatic rings. The van der Waals surface area contributed by atoms with Gasteiger partial charge in [0.1, 0.15) is 5.82 Å². The molecule has 5 heteroatoms. The second-order valence-corrected chi connectivity index (χ2v) is 7.98. The van der Waals surface area contributed by atoms with E-state index < -0.39 is 0 Å². The lowest BCUT2D eigenvalue weighted by Crippen LogP contribution is -2.13. The van der Waals surface area contributed by atoms with Gasteiger partial charge >= 0.3 is 0 Å². The molecule has 3 aromatic carbocycles. The Morgan fingerprint density at radius 2 is 1.72 bits per heavy atom. The SMILES string of the molecule is Cc1ccc(NC(=O)CSc2cn(Cc3ccc(F)cc3)c3ccccc23)cc1. The number of hydrogen-bond donors (Lipinski definition) is 1. The van der Waals surface area contributed by atoms with Crippen LogP contribution in [0.2, 0.25) is 0 Å². The van der Waals surface area contributed by atoms with Crippen molar-refractivity contribution in [3.8, 4) is 0 Å². The first kappa shape index (κ1) is 19.3. The predicted molar refractivity (Wildman–Crippen MR) is 118 cm³/mol. The summed E-state index contributed by atoms with van der Waals surface area (Å²) in [6.07, 6.45) is 2.07. The van der Waals surface area contributed by atoms with Crippen LogP contribution >= 0.6 is 11.8 Å². The van der Waals surface area contributed by atoms with E-state index in [1.807, 2.05) is 43.3 Å². The minimum atomic E-state index is -0.234. The third kappa shape index (κ3) is 4.69. The summed E-state index contributed by atoms with van der Waals surface area (Å²) in [4.78, 5) is 13.4. The molecule has 4 rings (SSSR count). The lowest BCUT2D eigenvalue weighted by Gasteiger charge is -2.05. The lowest BCUT2D eigenvalue weighted by molar-refractivity contribution is -0.113. The second kappa shape index (κ2) is 8.53. The fourth-order valence-electron chi connectivity index (χ4n) is 3.22. The van der Waals surface area contributed by atoms with E-state index in [0.29, 0.717) is 12.3 Å². The van der Waals surface area contributed by atoms with Gasteiger partial charge in [-0.25, -0.2) is 4.39 Å². The number of thioether (sulfide) groups is 1. The van der Waals surface area contributed by atoms with Gasteiger partial charge in [-0.3, -0.25) is 4.79 Å². The molecule has 146 valence electrons. The Morgan fingerprint density at radius 1 is 1.00 bits per heavy atom. The Labute approximate surface area is 173 Å². The number of para-hydroxylation sites is 1. The van der Waals surface area contributed by atoms with Gasteiger partial charge < -0.3 is 9.88 Å². The number of halogens is 1. The molecule has 0 unspecified atom stereocenters. The molecule has 0 bridgehead atoms. The van der Waals surface area contributed by atoms with Crippen molar-refractivity contribution < 1.29 is 9.18 Å². The zero-order valence-electron chi connectivity index (χ0n) is 16.1. The summed E-state index contributed by atoms with van der Waals surface area (Å²) >= 11 is 1.52. The molecule has 0 aliphatic rings. The molecular formula is C24H21FN2OS. The van der Waals surface area contributed by atoms with Crippen LogP contribution in [0.5, 0.6) is 0 Å². The Balaban J connectivity index is 1.49. The lowest BCUT2D eigenvalue weighted by atomic mass is 10.2. The zero-order chi connectivity index (χ0) is 20.2. The van der Waals surface area contributed by atoms with Crippen LogP contribution in [-0.2, 0) is 11.3 Å². The topological polar surface area (TPSA) is 34.0 Å². The van der Waals surface area contributed by atoms with Crippen molar-refractivity contribution in [2.75, 3.05) is 11.1 Å². The van der Waals surface area contributed by atoms with Crippen molar-refractivity contribution in [1.82, 2.24) is 4.57 Å². The van der Waals surface area contributed by atoms with E-state index >= 15 is 0 Å². The summed E-state index contributed by atoms with van der Waals surface area (Å²) in [7, 11) is 0. The minimum absolute atomic E-state index is 0.0331. The minimum Gasteiger partial charge on any atom is -0.342 e. The first-order valence-corrected chi connectivity index (χ1v) is 10.4. The summed E-state index contributed by atoms with van der Waals surface area (Å²) < 4.78 is 15.3. The molecule has 1 amide bonds. The molecule has 29 heavy (non-hydrogen) atoms. The van der Waals surface area contributed by atoms with Crippen molar-refractivity contribution in [3.05, 3.63) is 95.9 Å². The van der Waals surface area contributed by atoms with Gasteiger partial charge in [-0.15, -0.1) is 11.8 Å². The first-order chi connectivity index (χ1) is 14.1. The maximum Gasteiger partial charge on any atom is 0.234 e. The number of fused-ring (bicyclic) bond motifs is 1. The number of aromatic nitrogens is 1. The number of carbonyl (C=O) groups excluding carboxylic acids is 1. The Kier molecular flexibility index (Phi) is 5.67. The fourth-order valence-corrected chi connectivity index (χ4v) is 4.11. The van der Waals surface area contributed by atoms with Crippen molar-refractivity contribution in [2.24, 2.45) is 0 Å². The van der Waals surface area contributed by atoms with Crippen molar-refractivity contribution >= 4 is 34.3 Å². The maximum absolute atomic E-state index is 13.2. The molecule has 0 spiro atoms. The van der Waals surface area contributed by atoms with Crippen LogP contribution in [0.15, 0.2) is 83.9 Å². The summed E-state index contributed by atoms with van der Waals surface area (Å²) in [5.74, 6) is 0.0643. The average molecular weight is 405 g/mol. The highest BCUT2D eigenvalue weighted by molar-refractivity contribution is 8.00. The van der Waals surface area contributed by atoms with Gasteiger partial charge in [0.15, 0.2) is 0 Å². The quantitative estimate of drug-likeness (QED) is 0.408. The normalized spacial score (nSPS) is 11.0. The van der Waals surface area contributed by atoms with Crippen LogP contribution in [-0.4, -0.2) is 16.2 Å². The number of benzene rings is 3. The molecule has 3 nitrogen and oxygen atoms in total. The number of hydrogen-bond acceptors (Lipinski definition) is 2. The highest BCUT2D eigenvalue weighted by Gasteiger charge is 2.11. The summed E-state index contributed by atoms with van der Waals surface area (Å²) in [5.41, 5.74) is 4.09. The molecule has 0 aliphatic heterocycles. The molecule has 1 aromatic heterocycles. The van der Waals surface area contributed by atoms with E-state index in [1.165, 1.54) is 23.9 Å². The fraction of sp³-hybridized carbons (Fsp3) is 0.125. The number of anilines is 1. The molecule has 1 N–H and O–H groups in total. The van der Waals surface area contributed by atoms with Crippen LogP contribution in [0.25, 0.3) is 10.9 Å². The molecule has 0 atom stereocenters. The van der Waals surface area contributed by atoms with E-state index in [0.717, 1.165) is 32.6 Å². The maximum atomic E-state index is 13.2. The Morgan fingerprint density at radius 3 is 2.48 bits per heavy atom. The van der Waals surface area contributed by atoms with Crippen LogP contribution < -0.4 is 5.32 Å². The van der Waals surface area contributed by atoms with Crippen LogP contribution in [0.3, 0.4) is 0 Å². The Hall–Kier alpha value is -3.05. The number of carbonyl (C=O) groups is 1. The van der Waals surface area contributed by atoms with E-state index in [2.05, 4.69) is 28.2 Å². The molecule has 0 aliphatic carbocycles. The van der Waals surface area contributed by atoms with Crippen molar-refractivity contribution in [2.45, 2.75) is 18.4 Å². The second-order valence-electron chi connectivity index (χ2n) is 6.97. The van der Waals surface area contributed by atoms with E-state index in [-0.39, 0.29) is 11.7 Å². The average Bonchev–Trinajstić information content (AvgIpc) is 3.08. The highest BCUT2D eigenvalue weighted by Crippen LogP contribution is 2.30. The highest BCUT2D eigenvalue weighted by atomic mass is 32.2. The van der Waals surface area contributed by atoms with Crippen LogP contribution in [0, 0.1) is 12.7 Å². The van der Waals surface area contributed by atoms with Gasteiger partial charge in [0.2, 0.25) is 5.91 Å². The van der Waals surface area contributed by atoms with Crippen molar-refractivity contribution in [3.63, 3.8) is 0 Å². The predicted octanol–water partition coefficient (Wildman–Crippen LogP) is 5.87. The summed E-state index contributed by atoms with van der Waals surface area (Å²) in [5, 5.41) is 4.05. The Bertz CT molecular complexity index is 1130. The van der Waals surface area contributed by atoms with Gasteiger partial charge in [-0.1, -0.05) is 48.0 Å². The largest absolute Gasteiger partial charge is 0.342 e. The number of amides is 1. The number of aryl methyl sites for hydroxylation is 1. The molecule has 0 saturated heterocycles. The molecule has 0 radical (unpaired) electrons. The van der Waals surface area contributed by atoms with E-state index in [4.69, 9.17) is 0 Å². The monoisotopic (exact) mass is 404 g/mol.